The quantitative estimate of drug-likeness (QED) is 0.689. The number of amides is 1. The van der Waals surface area contributed by atoms with Crippen LogP contribution in [0.4, 0.5) is 0 Å². The summed E-state index contributed by atoms with van der Waals surface area (Å²) in [6.45, 7) is 6.57. The number of carbonyl (C=O) groups excluding carboxylic acids is 3. The number of piperidine rings is 2. The maximum Gasteiger partial charge on any atom is 0.373 e. The van der Waals surface area contributed by atoms with E-state index in [9.17, 15) is 19.2 Å². The zero-order valence-electron chi connectivity index (χ0n) is 18.9. The molecule has 11 heteroatoms. The maximum absolute atomic E-state index is 11.8. The van der Waals surface area contributed by atoms with E-state index in [1.165, 1.54) is 12.6 Å². The van der Waals surface area contributed by atoms with Crippen LogP contribution in [0.15, 0.2) is 34.0 Å². The number of hydrogen-bond donors (Lipinski definition) is 2. The number of Topliss-reactive ketones (excluding diaryl/α,β-unsaturated/α-hetero) is 2. The van der Waals surface area contributed by atoms with Gasteiger partial charge in [-0.25, -0.2) is 14.8 Å². The molecule has 180 valence electrons. The van der Waals surface area contributed by atoms with E-state index in [0.717, 1.165) is 51.4 Å². The number of aromatic nitrogens is 2. The lowest BCUT2D eigenvalue weighted by molar-refractivity contribution is -0.122. The normalized spacial score (nSPS) is 16.6. The summed E-state index contributed by atoms with van der Waals surface area (Å²) >= 11 is 0. The Bertz CT molecular complexity index is 882. The Morgan fingerprint density at radius 1 is 0.879 bits per heavy atom. The maximum atomic E-state index is 11.8. The van der Waals surface area contributed by atoms with Crippen molar-refractivity contribution >= 4 is 23.4 Å². The highest BCUT2D eigenvalue weighted by molar-refractivity contribution is 5.91. The van der Waals surface area contributed by atoms with Crippen LogP contribution in [-0.4, -0.2) is 69.6 Å². The highest BCUT2D eigenvalue weighted by Gasteiger charge is 2.27. The van der Waals surface area contributed by atoms with Crippen molar-refractivity contribution in [1.82, 2.24) is 20.2 Å². The molecule has 2 fully saturated rings. The fourth-order valence-electron chi connectivity index (χ4n) is 3.52. The van der Waals surface area contributed by atoms with Crippen molar-refractivity contribution in [2.24, 2.45) is 11.8 Å². The van der Waals surface area contributed by atoms with Crippen molar-refractivity contribution in [2.75, 3.05) is 26.2 Å². The van der Waals surface area contributed by atoms with Crippen LogP contribution in [0.25, 0.3) is 0 Å². The van der Waals surface area contributed by atoms with Gasteiger partial charge in [-0.3, -0.25) is 14.4 Å². The Labute approximate surface area is 191 Å². The van der Waals surface area contributed by atoms with Gasteiger partial charge in [-0.15, -0.1) is 0 Å². The second-order valence-corrected chi connectivity index (χ2v) is 7.85. The molecule has 2 N–H and O–H groups in total. The average molecular weight is 463 g/mol. The molecular formula is C22H30N4O7. The number of carboxylic acids is 1. The number of carboxylic acid groups (broad SMARTS) is 1. The topological polar surface area (TPSA) is 156 Å². The minimum Gasteiger partial charge on any atom is -0.475 e. The van der Waals surface area contributed by atoms with Crippen LogP contribution in [0, 0.1) is 11.8 Å². The molecule has 11 nitrogen and oxygen atoms in total. The van der Waals surface area contributed by atoms with Crippen molar-refractivity contribution in [2.45, 2.75) is 39.5 Å². The number of nitrogens with one attached hydrogen (secondary N) is 1. The smallest absolute Gasteiger partial charge is 0.373 e. The van der Waals surface area contributed by atoms with E-state index in [-0.39, 0.29) is 29.1 Å². The summed E-state index contributed by atoms with van der Waals surface area (Å²) in [6.07, 6.45) is 8.44. The molecule has 0 aromatic carbocycles. The van der Waals surface area contributed by atoms with Crippen LogP contribution in [0.3, 0.4) is 0 Å². The lowest BCUT2D eigenvalue weighted by atomic mass is 9.93. The Morgan fingerprint density at radius 3 is 1.73 bits per heavy atom. The van der Waals surface area contributed by atoms with Gasteiger partial charge in [-0.1, -0.05) is 0 Å². The van der Waals surface area contributed by atoms with E-state index in [4.69, 9.17) is 9.52 Å². The predicted octanol–water partition coefficient (Wildman–Crippen LogP) is 2.06. The van der Waals surface area contributed by atoms with Crippen LogP contribution < -0.4 is 5.32 Å². The molecule has 33 heavy (non-hydrogen) atoms. The van der Waals surface area contributed by atoms with E-state index in [1.54, 1.807) is 18.7 Å². The molecule has 0 aliphatic carbocycles. The van der Waals surface area contributed by atoms with Crippen molar-refractivity contribution in [3.63, 3.8) is 0 Å². The minimum atomic E-state index is -1.09. The molecule has 2 aromatic heterocycles. The zero-order valence-corrected chi connectivity index (χ0v) is 18.9. The van der Waals surface area contributed by atoms with E-state index in [1.807, 2.05) is 0 Å². The molecule has 0 radical (unpaired) electrons. The number of likely N-dealkylation sites (tertiary alicyclic amines) is 1. The Morgan fingerprint density at radius 2 is 1.36 bits per heavy atom. The standard InChI is InChI=1S/C11H14N2O3.C7H13NO.C4H3NO3/c1-8(14)9-2-4-13(5-3-9)11(15)10-6-12-7-16-10;1-6(9)7-2-4-8-5-3-7;6-4(7)3-1-5-2-8-3/h6-7,9H,2-5H2,1H3;7-8H,2-5H2,1H3;1-2H,(H,6,7). The van der Waals surface area contributed by atoms with E-state index < -0.39 is 5.97 Å². The highest BCUT2D eigenvalue weighted by atomic mass is 16.4. The Balaban J connectivity index is 0.000000192. The fraction of sp³-hybridized carbons (Fsp3) is 0.545. The SMILES string of the molecule is CC(=O)C1CCN(C(=O)c2cnco2)CC1.CC(=O)C1CCNCC1.O=C(O)c1cnco1. The van der Waals surface area contributed by atoms with Crippen molar-refractivity contribution in [3.8, 4) is 0 Å². The highest BCUT2D eigenvalue weighted by Crippen LogP contribution is 2.19. The minimum absolute atomic E-state index is 0.110. The summed E-state index contributed by atoms with van der Waals surface area (Å²) < 4.78 is 9.34. The van der Waals surface area contributed by atoms with Gasteiger partial charge in [0.25, 0.3) is 5.91 Å². The third-order valence-corrected chi connectivity index (χ3v) is 5.56. The zero-order chi connectivity index (χ0) is 24.2. The van der Waals surface area contributed by atoms with Crippen LogP contribution in [-0.2, 0) is 9.59 Å². The lowest BCUT2D eigenvalue weighted by Crippen LogP contribution is -2.39. The lowest BCUT2D eigenvalue weighted by Gasteiger charge is -2.30. The van der Waals surface area contributed by atoms with Gasteiger partial charge in [0.05, 0.1) is 12.4 Å². The number of hydrogen-bond acceptors (Lipinski definition) is 9. The third-order valence-electron chi connectivity index (χ3n) is 5.56. The second-order valence-electron chi connectivity index (χ2n) is 7.85. The number of rotatable bonds is 4. The van der Waals surface area contributed by atoms with Gasteiger partial charge in [0.2, 0.25) is 11.5 Å². The Kier molecular flexibility index (Phi) is 10.4. The molecule has 0 atom stereocenters. The van der Waals surface area contributed by atoms with E-state index in [2.05, 4.69) is 19.7 Å². The first kappa shape index (κ1) is 25.9. The number of carbonyl (C=O) groups is 4. The van der Waals surface area contributed by atoms with Gasteiger partial charge in [0, 0.05) is 24.9 Å². The molecule has 0 spiro atoms. The first-order valence-corrected chi connectivity index (χ1v) is 10.8. The molecule has 4 rings (SSSR count). The van der Waals surface area contributed by atoms with Crippen LogP contribution in [0.5, 0.6) is 0 Å². The van der Waals surface area contributed by atoms with Crippen LogP contribution >= 0.6 is 0 Å². The van der Waals surface area contributed by atoms with Gasteiger partial charge in [-0.05, 0) is 52.6 Å². The molecule has 0 bridgehead atoms. The molecule has 0 saturated carbocycles. The van der Waals surface area contributed by atoms with Gasteiger partial charge in [-0.2, -0.15) is 0 Å². The molecule has 2 saturated heterocycles. The van der Waals surface area contributed by atoms with Gasteiger partial charge in [0.15, 0.2) is 12.8 Å². The van der Waals surface area contributed by atoms with Crippen molar-refractivity contribution in [1.29, 1.82) is 0 Å². The number of aromatic carboxylic acids is 1. The van der Waals surface area contributed by atoms with Crippen LogP contribution in [0.2, 0.25) is 0 Å². The van der Waals surface area contributed by atoms with Crippen molar-refractivity contribution < 1.29 is 33.1 Å². The van der Waals surface area contributed by atoms with Crippen LogP contribution in [0.1, 0.15) is 60.6 Å². The molecule has 1 amide bonds. The molecular weight excluding hydrogens is 432 g/mol. The first-order valence-electron chi connectivity index (χ1n) is 10.8. The summed E-state index contributed by atoms with van der Waals surface area (Å²) in [5.74, 6) is -0.0680. The molecule has 2 aliphatic heterocycles. The fourth-order valence-corrected chi connectivity index (χ4v) is 3.52. The largest absolute Gasteiger partial charge is 0.475 e. The Hall–Kier alpha value is -3.34. The number of ketones is 2. The van der Waals surface area contributed by atoms with Crippen molar-refractivity contribution in [3.05, 3.63) is 36.7 Å². The molecule has 2 aliphatic rings. The van der Waals surface area contributed by atoms with Gasteiger partial charge in [0.1, 0.15) is 11.6 Å². The summed E-state index contributed by atoms with van der Waals surface area (Å²) in [5, 5.41) is 11.4. The number of nitrogens with zero attached hydrogens (tertiary/aromatic N) is 3. The summed E-state index contributed by atoms with van der Waals surface area (Å²) in [5.41, 5.74) is 0. The summed E-state index contributed by atoms with van der Waals surface area (Å²) in [4.78, 5) is 52.5. The monoisotopic (exact) mass is 462 g/mol. The second kappa shape index (κ2) is 13.3. The van der Waals surface area contributed by atoms with Gasteiger partial charge < -0.3 is 24.2 Å². The molecule has 2 aromatic rings. The first-order chi connectivity index (χ1) is 15.8. The number of oxazole rings is 2. The summed E-state index contributed by atoms with van der Waals surface area (Å²) in [6, 6.07) is 0. The summed E-state index contributed by atoms with van der Waals surface area (Å²) in [7, 11) is 0. The molecule has 0 unspecified atom stereocenters. The predicted molar refractivity (Wildman–Crippen MR) is 116 cm³/mol. The third kappa shape index (κ3) is 8.60. The average Bonchev–Trinajstić information content (AvgIpc) is 3.55. The van der Waals surface area contributed by atoms with E-state index in [0.29, 0.717) is 24.8 Å². The van der Waals surface area contributed by atoms with Gasteiger partial charge >= 0.3 is 5.97 Å². The van der Waals surface area contributed by atoms with E-state index >= 15 is 0 Å². The molecule has 4 heterocycles.